The number of imidazole rings is 1. The summed E-state index contributed by atoms with van der Waals surface area (Å²) in [4.78, 5) is 18.3. The fourth-order valence-corrected chi connectivity index (χ4v) is 2.24. The summed E-state index contributed by atoms with van der Waals surface area (Å²) < 4.78 is 1.94. The van der Waals surface area contributed by atoms with E-state index in [0.717, 1.165) is 22.6 Å². The number of carbonyl (C=O) groups is 1. The van der Waals surface area contributed by atoms with Crippen molar-refractivity contribution in [3.63, 3.8) is 0 Å². The molecule has 22 heavy (non-hydrogen) atoms. The minimum Gasteiger partial charge on any atom is -0.334 e. The second-order valence-corrected chi connectivity index (χ2v) is 5.34. The van der Waals surface area contributed by atoms with Crippen molar-refractivity contribution in [3.8, 4) is 11.4 Å². The molecule has 0 fully saturated rings. The van der Waals surface area contributed by atoms with Gasteiger partial charge < -0.3 is 14.8 Å². The molecular formula is C17H22N4O. The average Bonchev–Trinajstić information content (AvgIpc) is 2.91. The largest absolute Gasteiger partial charge is 0.334 e. The Balaban J connectivity index is 2.15. The summed E-state index contributed by atoms with van der Waals surface area (Å²) in [5.41, 5.74) is 2.68. The Hall–Kier alpha value is -2.56. The highest BCUT2D eigenvalue weighted by Gasteiger charge is 2.12. The van der Waals surface area contributed by atoms with Crippen molar-refractivity contribution in [2.75, 3.05) is 18.4 Å². The van der Waals surface area contributed by atoms with E-state index in [-0.39, 0.29) is 6.03 Å². The van der Waals surface area contributed by atoms with Gasteiger partial charge in [-0.15, -0.1) is 0 Å². The number of rotatable bonds is 5. The van der Waals surface area contributed by atoms with Crippen LogP contribution in [-0.4, -0.2) is 33.6 Å². The zero-order chi connectivity index (χ0) is 16.1. The average molecular weight is 298 g/mol. The minimum absolute atomic E-state index is 0.123. The van der Waals surface area contributed by atoms with Gasteiger partial charge in [0.05, 0.1) is 0 Å². The second-order valence-electron chi connectivity index (χ2n) is 5.34. The first-order chi connectivity index (χ1) is 10.5. The third-order valence-electron chi connectivity index (χ3n) is 3.32. The molecule has 1 aromatic carbocycles. The van der Waals surface area contributed by atoms with Gasteiger partial charge in [0.1, 0.15) is 5.82 Å². The molecule has 0 unspecified atom stereocenters. The van der Waals surface area contributed by atoms with Gasteiger partial charge in [0.25, 0.3) is 0 Å². The van der Waals surface area contributed by atoms with Gasteiger partial charge in [-0.1, -0.05) is 24.3 Å². The molecule has 0 bridgehead atoms. The van der Waals surface area contributed by atoms with E-state index in [4.69, 9.17) is 0 Å². The molecule has 0 saturated carbocycles. The van der Waals surface area contributed by atoms with Crippen LogP contribution in [0, 0.1) is 0 Å². The number of urea groups is 1. The Morgan fingerprint density at radius 3 is 2.82 bits per heavy atom. The van der Waals surface area contributed by atoms with Crippen molar-refractivity contribution < 1.29 is 4.79 Å². The number of aryl methyl sites for hydroxylation is 1. The van der Waals surface area contributed by atoms with E-state index in [9.17, 15) is 4.79 Å². The van der Waals surface area contributed by atoms with Gasteiger partial charge in [-0.05, 0) is 26.0 Å². The Morgan fingerprint density at radius 2 is 2.23 bits per heavy atom. The van der Waals surface area contributed by atoms with Gasteiger partial charge in [0.2, 0.25) is 0 Å². The first-order valence-electron chi connectivity index (χ1n) is 7.29. The van der Waals surface area contributed by atoms with E-state index >= 15 is 0 Å². The molecule has 0 atom stereocenters. The Morgan fingerprint density at radius 1 is 1.45 bits per heavy atom. The standard InChI is InChI=1S/C17H22N4O/c1-5-21(12-13(2)3)17(22)19-15-8-6-7-14(11-15)16-18-9-10-20(16)4/h6-11H,2,5,12H2,1,3-4H3,(H,19,22). The summed E-state index contributed by atoms with van der Waals surface area (Å²) in [5.74, 6) is 0.866. The molecule has 0 aliphatic heterocycles. The smallest absolute Gasteiger partial charge is 0.322 e. The molecule has 0 aliphatic rings. The Labute approximate surface area is 131 Å². The monoisotopic (exact) mass is 298 g/mol. The molecular weight excluding hydrogens is 276 g/mol. The second kappa shape index (κ2) is 6.93. The molecule has 116 valence electrons. The van der Waals surface area contributed by atoms with E-state index in [2.05, 4.69) is 16.9 Å². The lowest BCUT2D eigenvalue weighted by Crippen LogP contribution is -2.35. The van der Waals surface area contributed by atoms with Crippen molar-refractivity contribution in [2.45, 2.75) is 13.8 Å². The SMILES string of the molecule is C=C(C)CN(CC)C(=O)Nc1cccc(-c2nccn2C)c1. The van der Waals surface area contributed by atoms with Gasteiger partial charge >= 0.3 is 6.03 Å². The normalized spacial score (nSPS) is 10.3. The number of likely N-dealkylation sites (N-methyl/N-ethyl adjacent to an activating group) is 1. The maximum absolute atomic E-state index is 12.3. The highest BCUT2D eigenvalue weighted by molar-refractivity contribution is 5.90. The predicted octanol–water partition coefficient (Wildman–Crippen LogP) is 3.52. The third-order valence-corrected chi connectivity index (χ3v) is 3.32. The third kappa shape index (κ3) is 3.75. The van der Waals surface area contributed by atoms with Crippen LogP contribution in [-0.2, 0) is 7.05 Å². The molecule has 2 aromatic rings. The highest BCUT2D eigenvalue weighted by atomic mass is 16.2. The number of aromatic nitrogens is 2. The van der Waals surface area contributed by atoms with Gasteiger partial charge in [-0.2, -0.15) is 0 Å². The molecule has 2 rings (SSSR count). The number of hydrogen-bond acceptors (Lipinski definition) is 2. The summed E-state index contributed by atoms with van der Waals surface area (Å²) in [6.45, 7) is 8.92. The number of hydrogen-bond donors (Lipinski definition) is 1. The van der Waals surface area contributed by atoms with E-state index in [1.807, 2.05) is 55.9 Å². The summed E-state index contributed by atoms with van der Waals surface area (Å²) in [6, 6.07) is 7.56. The van der Waals surface area contributed by atoms with Crippen LogP contribution in [0.3, 0.4) is 0 Å². The van der Waals surface area contributed by atoms with Crippen molar-refractivity contribution in [2.24, 2.45) is 7.05 Å². The number of carbonyl (C=O) groups excluding carboxylic acids is 1. The van der Waals surface area contributed by atoms with Crippen LogP contribution in [0.2, 0.25) is 0 Å². The summed E-state index contributed by atoms with van der Waals surface area (Å²) >= 11 is 0. The van der Waals surface area contributed by atoms with Crippen LogP contribution in [0.25, 0.3) is 11.4 Å². The van der Waals surface area contributed by atoms with Crippen LogP contribution >= 0.6 is 0 Å². The first-order valence-corrected chi connectivity index (χ1v) is 7.29. The Bertz CT molecular complexity index is 675. The lowest BCUT2D eigenvalue weighted by Gasteiger charge is -2.21. The van der Waals surface area contributed by atoms with Crippen LogP contribution in [0.4, 0.5) is 10.5 Å². The summed E-state index contributed by atoms with van der Waals surface area (Å²) in [5, 5.41) is 2.93. The van der Waals surface area contributed by atoms with Gasteiger partial charge in [-0.3, -0.25) is 0 Å². The fraction of sp³-hybridized carbons (Fsp3) is 0.294. The van der Waals surface area contributed by atoms with Crippen molar-refractivity contribution in [1.82, 2.24) is 14.5 Å². The van der Waals surface area contributed by atoms with Crippen LogP contribution in [0.1, 0.15) is 13.8 Å². The number of nitrogens with zero attached hydrogens (tertiary/aromatic N) is 3. The van der Waals surface area contributed by atoms with Crippen molar-refractivity contribution in [1.29, 1.82) is 0 Å². The molecule has 0 aliphatic carbocycles. The Kier molecular flexibility index (Phi) is 4.99. The van der Waals surface area contributed by atoms with E-state index in [0.29, 0.717) is 13.1 Å². The number of amides is 2. The molecule has 2 amide bonds. The maximum atomic E-state index is 12.3. The highest BCUT2D eigenvalue weighted by Crippen LogP contribution is 2.20. The van der Waals surface area contributed by atoms with Crippen LogP contribution in [0.15, 0.2) is 48.8 Å². The van der Waals surface area contributed by atoms with E-state index < -0.39 is 0 Å². The zero-order valence-corrected chi connectivity index (χ0v) is 13.3. The number of anilines is 1. The lowest BCUT2D eigenvalue weighted by atomic mass is 10.2. The first kappa shape index (κ1) is 15.8. The molecule has 1 heterocycles. The topological polar surface area (TPSA) is 50.2 Å². The zero-order valence-electron chi connectivity index (χ0n) is 13.3. The number of benzene rings is 1. The van der Waals surface area contributed by atoms with E-state index in [1.165, 1.54) is 0 Å². The lowest BCUT2D eigenvalue weighted by molar-refractivity contribution is 0.218. The van der Waals surface area contributed by atoms with Gasteiger partial charge in [0.15, 0.2) is 0 Å². The molecule has 5 heteroatoms. The summed E-state index contributed by atoms with van der Waals surface area (Å²) in [7, 11) is 1.94. The number of nitrogens with one attached hydrogen (secondary N) is 1. The van der Waals surface area contributed by atoms with Gasteiger partial charge in [0, 0.05) is 43.8 Å². The van der Waals surface area contributed by atoms with Crippen molar-refractivity contribution in [3.05, 3.63) is 48.8 Å². The predicted molar refractivity (Wildman–Crippen MR) is 89.7 cm³/mol. The van der Waals surface area contributed by atoms with Crippen LogP contribution in [0.5, 0.6) is 0 Å². The summed E-state index contributed by atoms with van der Waals surface area (Å²) in [6.07, 6.45) is 3.65. The quantitative estimate of drug-likeness (QED) is 0.859. The molecule has 5 nitrogen and oxygen atoms in total. The van der Waals surface area contributed by atoms with Crippen LogP contribution < -0.4 is 5.32 Å². The fourth-order valence-electron chi connectivity index (χ4n) is 2.24. The molecule has 1 N–H and O–H groups in total. The molecule has 0 saturated heterocycles. The van der Waals surface area contributed by atoms with E-state index in [1.54, 1.807) is 11.1 Å². The van der Waals surface area contributed by atoms with Crippen molar-refractivity contribution >= 4 is 11.7 Å². The molecule has 1 aromatic heterocycles. The molecule has 0 spiro atoms. The minimum atomic E-state index is -0.123. The molecule has 0 radical (unpaired) electrons. The maximum Gasteiger partial charge on any atom is 0.322 e. The van der Waals surface area contributed by atoms with Gasteiger partial charge in [-0.25, -0.2) is 9.78 Å².